The van der Waals surface area contributed by atoms with Crippen molar-refractivity contribution in [2.24, 2.45) is 40.0 Å². The Morgan fingerprint density at radius 2 is 0.669 bits per heavy atom. The van der Waals surface area contributed by atoms with E-state index in [0.29, 0.717) is 6.42 Å². The molecule has 0 amide bonds. The number of carboxylic acid groups (broad SMARTS) is 1. The number of aryl methyl sites for hydroxylation is 16. The molecule has 0 bridgehead atoms. The number of ether oxygens (including phenoxy) is 2. The van der Waals surface area contributed by atoms with Crippen LogP contribution in [0, 0.1) is 150 Å². The van der Waals surface area contributed by atoms with Gasteiger partial charge in [0.25, 0.3) is 0 Å². The van der Waals surface area contributed by atoms with E-state index in [1.54, 1.807) is 6.08 Å². The topological polar surface area (TPSA) is 127 Å². The number of carboxylic acids is 1. The van der Waals surface area contributed by atoms with E-state index in [1.165, 1.54) is 225 Å². The first-order valence-electron chi connectivity index (χ1n) is 41.5. The van der Waals surface area contributed by atoms with Gasteiger partial charge in [0, 0.05) is 109 Å². The van der Waals surface area contributed by atoms with Crippen LogP contribution in [0.4, 0.5) is 0 Å². The van der Waals surface area contributed by atoms with Crippen LogP contribution in [0.15, 0.2) is 126 Å². The summed E-state index contributed by atoms with van der Waals surface area (Å²) in [4.78, 5) is 51.0. The van der Waals surface area contributed by atoms with Gasteiger partial charge in [0.15, 0.2) is 5.78 Å². The molecule has 2 saturated carbocycles. The number of carbonyl (C=O) groups excluding carboxylic acids is 3. The highest BCUT2D eigenvalue weighted by Crippen LogP contribution is 2.66. The number of hydrogen-bond acceptors (Lipinski definition) is 6. The minimum absolute atomic E-state index is 0. The third-order valence-electron chi connectivity index (χ3n) is 29.0. The van der Waals surface area contributed by atoms with Crippen molar-refractivity contribution in [2.75, 3.05) is 14.2 Å². The maximum Gasteiger partial charge on any atom is 0.331 e. The smallest absolute Gasteiger partial charge is 0.331 e. The number of carbonyl (C=O) groups is 4. The molecule has 4 atom stereocenters. The van der Waals surface area contributed by atoms with Gasteiger partial charge in [-0.25, -0.2) is 4.79 Å². The maximum atomic E-state index is 13.5. The number of aromatic nitrogens is 4. The van der Waals surface area contributed by atoms with Crippen LogP contribution < -0.4 is 0 Å². The average Bonchev–Trinajstić information content (AvgIpc) is 1.52. The lowest BCUT2D eigenvalue weighted by atomic mass is 9.78. The molecule has 4 aromatic heterocycles. The van der Waals surface area contributed by atoms with E-state index in [0.717, 1.165) is 70.9 Å². The maximum absolute atomic E-state index is 13.5. The summed E-state index contributed by atoms with van der Waals surface area (Å²) in [6, 6.07) is 26.8. The Morgan fingerprint density at radius 1 is 0.364 bits per heavy atom. The van der Waals surface area contributed by atoms with Crippen molar-refractivity contribution in [2.45, 2.75) is 218 Å². The summed E-state index contributed by atoms with van der Waals surface area (Å²) >= 11 is 0. The molecule has 2 fully saturated rings. The number of hydrogen-bond donors (Lipinski definition) is 1. The van der Waals surface area contributed by atoms with Crippen molar-refractivity contribution in [1.29, 1.82) is 0 Å². The van der Waals surface area contributed by atoms with Gasteiger partial charge in [0.2, 0.25) is 0 Å². The number of fused-ring (bicyclic) bond motifs is 8. The van der Waals surface area contributed by atoms with Gasteiger partial charge >= 0.3 is 17.9 Å². The number of ketones is 1. The predicted molar refractivity (Wildman–Crippen MR) is 509 cm³/mol. The molecular formula is C110H130N4O7. The lowest BCUT2D eigenvalue weighted by molar-refractivity contribution is -0.142. The first-order valence-corrected chi connectivity index (χ1v) is 41.5. The number of Topliss-reactive ketones (excluding diaryl/α,β-unsaturated/α-hetero) is 1. The van der Waals surface area contributed by atoms with Gasteiger partial charge in [0.1, 0.15) is 0 Å². The molecule has 632 valence electrons. The largest absolute Gasteiger partial charge is 0.481 e. The van der Waals surface area contributed by atoms with Crippen molar-refractivity contribution in [3.8, 4) is 0 Å². The lowest BCUT2D eigenvalue weighted by Gasteiger charge is -2.26. The molecule has 6 aliphatic rings. The second kappa shape index (κ2) is 33.3. The number of esters is 2. The molecule has 11 heteroatoms. The molecular weight excluding hydrogens is 1490 g/mol. The highest BCUT2D eigenvalue weighted by atomic mass is 16.5. The van der Waals surface area contributed by atoms with E-state index in [4.69, 9.17) is 9.47 Å². The Labute approximate surface area is 720 Å². The van der Waals surface area contributed by atoms with E-state index in [-0.39, 0.29) is 64.7 Å². The summed E-state index contributed by atoms with van der Waals surface area (Å²) in [5, 5.41) is 14.8. The zero-order chi connectivity index (χ0) is 84.3. The first kappa shape index (κ1) is 90.5. The normalized spacial score (nSPS) is 17.4. The lowest BCUT2D eigenvalue weighted by Crippen LogP contribution is -2.21. The highest BCUT2D eigenvalue weighted by Gasteiger charge is 2.65. The summed E-state index contributed by atoms with van der Waals surface area (Å²) in [6.07, 6.45) is 23.9. The fourth-order valence-electron chi connectivity index (χ4n) is 20.9. The number of benzene rings is 8. The zero-order valence-electron chi connectivity index (χ0n) is 73.7. The van der Waals surface area contributed by atoms with Gasteiger partial charge in [-0.05, 0) is 385 Å². The van der Waals surface area contributed by atoms with Crippen LogP contribution in [-0.4, -0.2) is 61.3 Å². The number of nitrogens with zero attached hydrogens (tertiary/aromatic N) is 4. The molecule has 18 rings (SSSR count). The summed E-state index contributed by atoms with van der Waals surface area (Å²) in [5.74, 6) is -1.40. The molecule has 4 unspecified atom stereocenters. The summed E-state index contributed by atoms with van der Waals surface area (Å²) in [7, 11) is 11.3. The fraction of sp³-hybridized carbons (Fsp3) is 0.364. The van der Waals surface area contributed by atoms with Gasteiger partial charge in [-0.3, -0.25) is 14.4 Å². The monoisotopic (exact) mass is 1620 g/mol. The minimum Gasteiger partial charge on any atom is -0.481 e. The molecule has 6 aliphatic carbocycles. The van der Waals surface area contributed by atoms with Gasteiger partial charge in [-0.15, -0.1) is 0 Å². The van der Waals surface area contributed by atoms with Crippen molar-refractivity contribution in [3.63, 3.8) is 0 Å². The SMILES string of the molecule is C.C.C.C.COC(=O)C1CC1(C1=Cc2cc(C)c(C)cc2C1)c1c(C)c(C)c(C)c2c1ccn2C.COC(=O)C=C(C1=Cc2cc(C)c(C)cc2C1)c1c(C)c(C)c(C)c2c1ccn2C.Cc1cc2c(cc1C)CC(C(=O)c1c(C)c(C)c(C)c3c1ccn3C)=C2.Cc1cc2c(cc1C)CC(C1(c3c(C)c(C)c(C)c4c3ccn4C)CC1C(=O)O)=C2. The number of allylic oxidation sites excluding steroid dienone is 5. The number of aliphatic carboxylic acids is 1. The molecule has 0 radical (unpaired) electrons. The van der Waals surface area contributed by atoms with Crippen LogP contribution in [0.25, 0.3) is 73.5 Å². The molecule has 4 heterocycles. The van der Waals surface area contributed by atoms with Crippen LogP contribution in [-0.2, 0) is 88.6 Å². The Morgan fingerprint density at radius 3 is 1.04 bits per heavy atom. The zero-order valence-corrected chi connectivity index (χ0v) is 73.7. The van der Waals surface area contributed by atoms with Gasteiger partial charge in [0.05, 0.1) is 48.1 Å². The highest BCUT2D eigenvalue weighted by molar-refractivity contribution is 6.20. The van der Waals surface area contributed by atoms with Crippen molar-refractivity contribution in [3.05, 3.63) is 304 Å². The van der Waals surface area contributed by atoms with E-state index >= 15 is 0 Å². The Kier molecular flexibility index (Phi) is 24.9. The number of rotatable bonds is 11. The molecule has 11 nitrogen and oxygen atoms in total. The van der Waals surface area contributed by atoms with Crippen molar-refractivity contribution >= 4 is 97.2 Å². The third-order valence-corrected chi connectivity index (χ3v) is 29.0. The van der Waals surface area contributed by atoms with Crippen LogP contribution in [0.1, 0.15) is 225 Å². The summed E-state index contributed by atoms with van der Waals surface area (Å²) < 4.78 is 19.0. The standard InChI is InChI=1S/C28H31NO2.2C27H29NO2.C24H25NO.4CH4/c1-15-10-20-12-22(13-21(20)11-16(15)2)28(14-24(28)27(30)31-7)25-18(4)17(3)19(5)26-23(25)8-9-29(26)6;1-14-9-19-11-21(12-20(19)10-15(14)2)27(13-23(27)26(29)30)24-17(4)16(3)18(5)25-22(24)7-8-28(25)6;1-15-10-20-12-22(13-21(20)11-16(15)2)24(14-25(29)30-7)26-18(4)17(3)19(5)27-23(26)8-9-28(27)6;1-13-9-18-11-20(12-19(18)10-14(13)2)24(26)22-16(4)15(3)17(5)23-21(22)7-8-25(23)6;;;;/h8-12,24H,13-14H2,1-7H3;7-11,23H,12-13H2,1-6H3,(H,29,30);8-12,14H,13H2,1-7H3;7-11H,12H2,1-6H3;4*1H4. The first-order chi connectivity index (χ1) is 55.4. The van der Waals surface area contributed by atoms with Gasteiger partial charge < -0.3 is 32.8 Å². The van der Waals surface area contributed by atoms with Crippen molar-refractivity contribution < 1.29 is 33.8 Å². The molecule has 121 heavy (non-hydrogen) atoms. The van der Waals surface area contributed by atoms with Crippen LogP contribution in [0.2, 0.25) is 0 Å². The second-order valence-electron chi connectivity index (χ2n) is 35.4. The van der Waals surface area contributed by atoms with E-state index in [2.05, 4.69) is 307 Å². The van der Waals surface area contributed by atoms with Crippen LogP contribution >= 0.6 is 0 Å². The average molecular weight is 1620 g/mol. The molecule has 1 N–H and O–H groups in total. The molecule has 12 aromatic rings. The van der Waals surface area contributed by atoms with E-state index < -0.39 is 11.4 Å². The van der Waals surface area contributed by atoms with Gasteiger partial charge in [-0.1, -0.05) is 108 Å². The van der Waals surface area contributed by atoms with Gasteiger partial charge in [-0.2, -0.15) is 0 Å². The molecule has 0 aliphatic heterocycles. The Hall–Kier alpha value is -11.3. The second-order valence-corrected chi connectivity index (χ2v) is 35.4. The Balaban J connectivity index is 0.000000156. The third kappa shape index (κ3) is 14.6. The molecule has 0 saturated heterocycles. The summed E-state index contributed by atoms with van der Waals surface area (Å²) in [6.45, 7) is 43.3. The number of methoxy groups -OCH3 is 2. The molecule has 8 aromatic carbocycles. The van der Waals surface area contributed by atoms with E-state index in [1.807, 2.05) is 0 Å². The van der Waals surface area contributed by atoms with Crippen LogP contribution in [0.3, 0.4) is 0 Å². The summed E-state index contributed by atoms with van der Waals surface area (Å²) in [5.41, 5.74) is 50.2. The van der Waals surface area contributed by atoms with Crippen LogP contribution in [0.5, 0.6) is 0 Å². The minimum atomic E-state index is -0.680. The Bertz CT molecular complexity index is 6560. The van der Waals surface area contributed by atoms with E-state index in [9.17, 15) is 24.3 Å². The fourth-order valence-corrected chi connectivity index (χ4v) is 20.9. The quantitative estimate of drug-likeness (QED) is 0.0776. The predicted octanol–water partition coefficient (Wildman–Crippen LogP) is 25.5. The molecule has 0 spiro atoms. The van der Waals surface area contributed by atoms with Crippen molar-refractivity contribution in [1.82, 2.24) is 18.3 Å².